The van der Waals surface area contributed by atoms with Crippen LogP contribution in [0.1, 0.15) is 0 Å². The highest BCUT2D eigenvalue weighted by molar-refractivity contribution is 6.22. The van der Waals surface area contributed by atoms with Crippen LogP contribution in [0.25, 0.3) is 0 Å². The molecule has 2 aliphatic rings. The highest BCUT2D eigenvalue weighted by Crippen LogP contribution is 2.27. The van der Waals surface area contributed by atoms with Crippen LogP contribution in [-0.4, -0.2) is 58.3 Å². The zero-order chi connectivity index (χ0) is 12.6. The van der Waals surface area contributed by atoms with Crippen molar-refractivity contribution >= 4 is 18.1 Å². The smallest absolute Gasteiger partial charge is 0.263 e. The van der Waals surface area contributed by atoms with Crippen molar-refractivity contribution in [3.05, 3.63) is 11.3 Å². The molecule has 2 aliphatic heterocycles. The Morgan fingerprint density at radius 3 is 2.76 bits per heavy atom. The summed E-state index contributed by atoms with van der Waals surface area (Å²) in [6.45, 7) is -0.483. The number of hydrogen-bond acceptors (Lipinski definition) is 6. The van der Waals surface area contributed by atoms with Crippen LogP contribution >= 0.6 is 0 Å². The van der Waals surface area contributed by atoms with Crippen molar-refractivity contribution in [2.45, 2.75) is 18.3 Å². The molecule has 0 spiro atoms. The topological polar surface area (TPSA) is 135 Å². The number of carbonyl (C=O) groups is 1. The molecular formula is C9H11N3O5. The van der Waals surface area contributed by atoms with Gasteiger partial charge in [0.25, 0.3) is 5.91 Å². The van der Waals surface area contributed by atoms with Crippen LogP contribution < -0.4 is 5.32 Å². The maximum atomic E-state index is 11.5. The first kappa shape index (κ1) is 11.7. The fourth-order valence-electron chi connectivity index (χ4n) is 1.60. The van der Waals surface area contributed by atoms with Crippen molar-refractivity contribution in [3.8, 4) is 0 Å². The van der Waals surface area contributed by atoms with Gasteiger partial charge < -0.3 is 20.1 Å². The van der Waals surface area contributed by atoms with E-state index in [1.54, 1.807) is 0 Å². The van der Waals surface area contributed by atoms with Crippen molar-refractivity contribution in [3.63, 3.8) is 0 Å². The number of nitrogens with zero attached hydrogens (tertiary/aromatic N) is 1. The van der Waals surface area contributed by atoms with E-state index in [2.05, 4.69) is 10.3 Å². The lowest BCUT2D eigenvalue weighted by molar-refractivity contribution is -0.116. The number of hydrogen-bond donors (Lipinski definition) is 5. The van der Waals surface area contributed by atoms with Crippen molar-refractivity contribution < 1.29 is 24.9 Å². The lowest BCUT2D eigenvalue weighted by Gasteiger charge is -2.13. The number of aliphatic hydroxyl groups is 3. The van der Waals surface area contributed by atoms with Gasteiger partial charge in [-0.2, -0.15) is 0 Å². The number of aliphatic imine (C=N–C) groups is 1. The second kappa shape index (κ2) is 4.24. The van der Waals surface area contributed by atoms with E-state index in [-0.39, 0.29) is 17.3 Å². The third-order valence-corrected chi connectivity index (χ3v) is 2.50. The number of aliphatic hydroxyl groups excluding tert-OH is 3. The van der Waals surface area contributed by atoms with E-state index in [4.69, 9.17) is 15.3 Å². The molecule has 1 saturated heterocycles. The monoisotopic (exact) mass is 241 g/mol. The highest BCUT2D eigenvalue weighted by atomic mass is 16.5. The van der Waals surface area contributed by atoms with Gasteiger partial charge in [0, 0.05) is 6.21 Å². The van der Waals surface area contributed by atoms with Crippen LogP contribution in [0.15, 0.2) is 16.3 Å². The lowest BCUT2D eigenvalue weighted by Crippen LogP contribution is -2.36. The molecule has 17 heavy (non-hydrogen) atoms. The molecule has 0 unspecified atom stereocenters. The Morgan fingerprint density at radius 1 is 1.53 bits per heavy atom. The van der Waals surface area contributed by atoms with Crippen molar-refractivity contribution in [1.82, 2.24) is 5.32 Å². The molecule has 3 atom stereocenters. The predicted molar refractivity (Wildman–Crippen MR) is 55.4 cm³/mol. The van der Waals surface area contributed by atoms with Crippen LogP contribution in [0.2, 0.25) is 0 Å². The summed E-state index contributed by atoms with van der Waals surface area (Å²) < 4.78 is 5.09. The Hall–Kier alpha value is -1.77. The molecular weight excluding hydrogens is 230 g/mol. The first-order valence-electron chi connectivity index (χ1n) is 4.86. The minimum absolute atomic E-state index is 0.0662. The minimum Gasteiger partial charge on any atom is -0.486 e. The van der Waals surface area contributed by atoms with Gasteiger partial charge in [-0.25, -0.2) is 4.99 Å². The molecule has 0 bridgehead atoms. The van der Waals surface area contributed by atoms with Gasteiger partial charge in [-0.3, -0.25) is 15.5 Å². The van der Waals surface area contributed by atoms with E-state index in [1.165, 1.54) is 0 Å². The summed E-state index contributed by atoms with van der Waals surface area (Å²) in [6.07, 6.45) is -2.60. The molecule has 0 aromatic carbocycles. The summed E-state index contributed by atoms with van der Waals surface area (Å²) in [5, 5.41) is 37.3. The summed E-state index contributed by atoms with van der Waals surface area (Å²) in [5.41, 5.74) is -0.0662. The molecule has 2 heterocycles. The van der Waals surface area contributed by atoms with E-state index < -0.39 is 30.8 Å². The summed E-state index contributed by atoms with van der Waals surface area (Å²) in [4.78, 5) is 15.1. The maximum Gasteiger partial charge on any atom is 0.263 e. The molecule has 8 heteroatoms. The zero-order valence-corrected chi connectivity index (χ0v) is 8.62. The van der Waals surface area contributed by atoms with Gasteiger partial charge in [-0.15, -0.1) is 0 Å². The standard InChI is InChI=1S/C9H11N3O5/c10-9-11-1-3(8(16)12-9)7-6(15)5(14)4(2-13)17-7/h1,4-6,13-15H,2H2,(H2,10,12,16)/b7-3-/t4-,5-,6-/m1/s1. The van der Waals surface area contributed by atoms with E-state index >= 15 is 0 Å². The summed E-state index contributed by atoms with van der Waals surface area (Å²) >= 11 is 0. The molecule has 0 radical (unpaired) electrons. The Bertz CT molecular complexity index is 430. The Labute approximate surface area is 95.7 Å². The van der Waals surface area contributed by atoms with Crippen molar-refractivity contribution in [2.75, 3.05) is 6.61 Å². The number of amides is 1. The van der Waals surface area contributed by atoms with Crippen LogP contribution in [0.5, 0.6) is 0 Å². The van der Waals surface area contributed by atoms with E-state index in [0.717, 1.165) is 6.21 Å². The van der Waals surface area contributed by atoms with Gasteiger partial charge in [0.2, 0.25) is 5.96 Å². The maximum absolute atomic E-state index is 11.5. The van der Waals surface area contributed by atoms with Gasteiger partial charge in [0.1, 0.15) is 18.0 Å². The van der Waals surface area contributed by atoms with Crippen LogP contribution in [0, 0.1) is 5.41 Å². The molecule has 2 rings (SSSR count). The normalized spacial score (nSPS) is 37.0. The number of ether oxygens (including phenoxy) is 1. The fourth-order valence-corrected chi connectivity index (χ4v) is 1.60. The molecule has 92 valence electrons. The first-order valence-corrected chi connectivity index (χ1v) is 4.86. The largest absolute Gasteiger partial charge is 0.486 e. The summed E-state index contributed by atoms with van der Waals surface area (Å²) in [5.74, 6) is -1.11. The average molecular weight is 241 g/mol. The van der Waals surface area contributed by atoms with Crippen molar-refractivity contribution in [1.29, 1.82) is 5.41 Å². The quantitative estimate of drug-likeness (QED) is 0.323. The van der Waals surface area contributed by atoms with Gasteiger partial charge in [-0.05, 0) is 0 Å². The molecule has 0 aromatic heterocycles. The van der Waals surface area contributed by atoms with E-state index in [0.29, 0.717) is 0 Å². The van der Waals surface area contributed by atoms with Crippen LogP contribution in [0.3, 0.4) is 0 Å². The second-order valence-electron chi connectivity index (χ2n) is 3.61. The Kier molecular flexibility index (Phi) is 2.92. The summed E-state index contributed by atoms with van der Waals surface area (Å²) in [6, 6.07) is 0. The third kappa shape index (κ3) is 1.93. The van der Waals surface area contributed by atoms with Gasteiger partial charge in [0.15, 0.2) is 6.10 Å². The molecule has 1 amide bonds. The zero-order valence-electron chi connectivity index (χ0n) is 8.62. The molecule has 0 aromatic rings. The van der Waals surface area contributed by atoms with Gasteiger partial charge in [-0.1, -0.05) is 0 Å². The average Bonchev–Trinajstić information content (AvgIpc) is 2.57. The van der Waals surface area contributed by atoms with Crippen molar-refractivity contribution in [2.24, 2.45) is 4.99 Å². The van der Waals surface area contributed by atoms with Gasteiger partial charge in [0.05, 0.1) is 12.2 Å². The lowest BCUT2D eigenvalue weighted by atomic mass is 10.1. The number of nitrogens with one attached hydrogen (secondary N) is 2. The first-order chi connectivity index (χ1) is 8.04. The SMILES string of the molecule is N=C1N=C/C(=C2/O[C@H](CO)[C@@H](O)[C@H]2O)C(=O)N1. The fraction of sp³-hybridized carbons (Fsp3) is 0.444. The second-order valence-corrected chi connectivity index (χ2v) is 3.61. The van der Waals surface area contributed by atoms with E-state index in [9.17, 15) is 15.0 Å². The van der Waals surface area contributed by atoms with Crippen LogP contribution in [-0.2, 0) is 9.53 Å². The predicted octanol–water partition coefficient (Wildman–Crippen LogP) is -2.51. The number of rotatable bonds is 1. The van der Waals surface area contributed by atoms with Gasteiger partial charge >= 0.3 is 0 Å². The molecule has 0 aliphatic carbocycles. The van der Waals surface area contributed by atoms with Crippen LogP contribution in [0.4, 0.5) is 0 Å². The molecule has 1 fully saturated rings. The molecule has 0 saturated carbocycles. The highest BCUT2D eigenvalue weighted by Gasteiger charge is 2.42. The minimum atomic E-state index is -1.40. The molecule has 8 nitrogen and oxygen atoms in total. The Balaban J connectivity index is 2.36. The number of guanidine groups is 1. The third-order valence-electron chi connectivity index (χ3n) is 2.50. The van der Waals surface area contributed by atoms with E-state index in [1.807, 2.05) is 0 Å². The Morgan fingerprint density at radius 2 is 2.24 bits per heavy atom. The summed E-state index contributed by atoms with van der Waals surface area (Å²) in [7, 11) is 0. The molecule has 5 N–H and O–H groups in total. The number of carbonyl (C=O) groups excluding carboxylic acids is 1.